The van der Waals surface area contributed by atoms with Gasteiger partial charge in [0.15, 0.2) is 0 Å². The summed E-state index contributed by atoms with van der Waals surface area (Å²) in [6.07, 6.45) is 5.03. The molecule has 6 heteroatoms. The van der Waals surface area contributed by atoms with E-state index in [1.54, 1.807) is 12.1 Å². The largest absolute Gasteiger partial charge is 0.310 e. The summed E-state index contributed by atoms with van der Waals surface area (Å²) in [4.78, 5) is 13.2. The van der Waals surface area contributed by atoms with Crippen LogP contribution in [0.5, 0.6) is 0 Å². The zero-order valence-corrected chi connectivity index (χ0v) is 13.5. The van der Waals surface area contributed by atoms with Crippen molar-refractivity contribution in [3.05, 3.63) is 38.3 Å². The highest BCUT2D eigenvalue weighted by atomic mass is 79.9. The first-order valence-corrected chi connectivity index (χ1v) is 8.32. The van der Waals surface area contributed by atoms with Crippen molar-refractivity contribution in [2.75, 3.05) is 13.1 Å². The zero-order valence-electron chi connectivity index (χ0n) is 11.9. The molecule has 0 bridgehead atoms. The van der Waals surface area contributed by atoms with Crippen molar-refractivity contribution in [1.29, 1.82) is 0 Å². The summed E-state index contributed by atoms with van der Waals surface area (Å²) in [6.45, 7) is 3.13. The number of piperidine rings is 1. The molecule has 3 rings (SSSR count). The van der Waals surface area contributed by atoms with E-state index in [1.807, 2.05) is 6.07 Å². The number of benzene rings is 1. The van der Waals surface area contributed by atoms with Crippen LogP contribution in [0.2, 0.25) is 0 Å². The molecule has 5 nitrogen and oxygen atoms in total. The standard InChI is InChI=1S/C15H20BrN3O2/c16-12-6-11(7-15(8-12)19(20)21)10-17-13-3-5-18-4-1-2-14(18)9-13/h6-8,13-14,17H,1-5,9-10H2. The van der Waals surface area contributed by atoms with Crippen LogP contribution in [0.1, 0.15) is 31.2 Å². The van der Waals surface area contributed by atoms with Gasteiger partial charge in [-0.15, -0.1) is 0 Å². The first kappa shape index (κ1) is 14.9. The van der Waals surface area contributed by atoms with Gasteiger partial charge >= 0.3 is 0 Å². The normalized spacial score (nSPS) is 25.8. The molecular formula is C15H20BrN3O2. The molecule has 1 N–H and O–H groups in total. The molecule has 2 heterocycles. The minimum absolute atomic E-state index is 0.145. The summed E-state index contributed by atoms with van der Waals surface area (Å²) < 4.78 is 0.763. The number of fused-ring (bicyclic) bond motifs is 1. The van der Waals surface area contributed by atoms with Gasteiger partial charge < -0.3 is 10.2 Å². The lowest BCUT2D eigenvalue weighted by Crippen LogP contribution is -2.45. The topological polar surface area (TPSA) is 58.4 Å². The van der Waals surface area contributed by atoms with Gasteiger partial charge in [-0.3, -0.25) is 10.1 Å². The molecule has 2 unspecified atom stereocenters. The van der Waals surface area contributed by atoms with Gasteiger partial charge in [0.05, 0.1) is 4.92 Å². The molecule has 1 aromatic rings. The van der Waals surface area contributed by atoms with Crippen LogP contribution in [0.3, 0.4) is 0 Å². The van der Waals surface area contributed by atoms with Crippen molar-refractivity contribution in [2.45, 2.75) is 44.3 Å². The van der Waals surface area contributed by atoms with Gasteiger partial charge in [0.25, 0.3) is 5.69 Å². The van der Waals surface area contributed by atoms with E-state index in [-0.39, 0.29) is 10.6 Å². The molecule has 0 amide bonds. The van der Waals surface area contributed by atoms with Crippen molar-refractivity contribution in [3.8, 4) is 0 Å². The third kappa shape index (κ3) is 3.62. The van der Waals surface area contributed by atoms with Crippen molar-refractivity contribution < 1.29 is 4.92 Å². The molecular weight excluding hydrogens is 334 g/mol. The fourth-order valence-electron chi connectivity index (χ4n) is 3.51. The van der Waals surface area contributed by atoms with E-state index in [1.165, 1.54) is 38.8 Å². The lowest BCUT2D eigenvalue weighted by atomic mass is 9.97. The fourth-order valence-corrected chi connectivity index (χ4v) is 4.04. The van der Waals surface area contributed by atoms with Crippen LogP contribution >= 0.6 is 15.9 Å². The van der Waals surface area contributed by atoms with Crippen LogP contribution < -0.4 is 5.32 Å². The molecule has 21 heavy (non-hydrogen) atoms. The lowest BCUT2D eigenvalue weighted by molar-refractivity contribution is -0.385. The Hall–Kier alpha value is -0.980. The number of rotatable bonds is 4. The lowest BCUT2D eigenvalue weighted by Gasteiger charge is -2.35. The van der Waals surface area contributed by atoms with Crippen LogP contribution in [0.4, 0.5) is 5.69 Å². The molecule has 2 atom stereocenters. The van der Waals surface area contributed by atoms with Gasteiger partial charge in [-0.1, -0.05) is 15.9 Å². The monoisotopic (exact) mass is 353 g/mol. The van der Waals surface area contributed by atoms with Gasteiger partial charge in [-0.25, -0.2) is 0 Å². The van der Waals surface area contributed by atoms with Crippen molar-refractivity contribution >= 4 is 21.6 Å². The zero-order chi connectivity index (χ0) is 14.8. The predicted octanol–water partition coefficient (Wildman–Crippen LogP) is 3.07. The summed E-state index contributed by atoms with van der Waals surface area (Å²) in [5.74, 6) is 0. The average Bonchev–Trinajstić information content (AvgIpc) is 2.92. The third-order valence-corrected chi connectivity index (χ3v) is 5.03. The molecule has 2 fully saturated rings. The van der Waals surface area contributed by atoms with Crippen LogP contribution in [0.25, 0.3) is 0 Å². The van der Waals surface area contributed by atoms with Crippen LogP contribution in [-0.4, -0.2) is 35.0 Å². The third-order valence-electron chi connectivity index (χ3n) is 4.57. The summed E-state index contributed by atoms with van der Waals surface area (Å²) in [7, 11) is 0. The van der Waals surface area contributed by atoms with Crippen molar-refractivity contribution in [2.24, 2.45) is 0 Å². The quantitative estimate of drug-likeness (QED) is 0.667. The number of nitro groups is 1. The Morgan fingerprint density at radius 3 is 3.00 bits per heavy atom. The van der Waals surface area contributed by atoms with Crippen molar-refractivity contribution in [1.82, 2.24) is 10.2 Å². The van der Waals surface area contributed by atoms with Gasteiger partial charge in [0.1, 0.15) is 0 Å². The molecule has 0 spiro atoms. The minimum Gasteiger partial charge on any atom is -0.310 e. The second-order valence-corrected chi connectivity index (χ2v) is 6.92. The number of hydrogen-bond acceptors (Lipinski definition) is 4. The minimum atomic E-state index is -0.342. The number of nitro benzene ring substituents is 1. The first-order valence-electron chi connectivity index (χ1n) is 7.53. The Labute approximate surface area is 133 Å². The summed E-state index contributed by atoms with van der Waals surface area (Å²) in [5, 5.41) is 14.5. The fraction of sp³-hybridized carbons (Fsp3) is 0.600. The Kier molecular flexibility index (Phi) is 4.57. The number of nitrogens with zero attached hydrogens (tertiary/aromatic N) is 2. The van der Waals surface area contributed by atoms with E-state index in [2.05, 4.69) is 26.1 Å². The Morgan fingerprint density at radius 1 is 1.33 bits per heavy atom. The molecule has 114 valence electrons. The van der Waals surface area contributed by atoms with E-state index in [0.717, 1.165) is 16.1 Å². The number of hydrogen-bond donors (Lipinski definition) is 1. The molecule has 0 aromatic heterocycles. The highest BCUT2D eigenvalue weighted by Gasteiger charge is 2.31. The van der Waals surface area contributed by atoms with E-state index >= 15 is 0 Å². The molecule has 0 radical (unpaired) electrons. The predicted molar refractivity (Wildman–Crippen MR) is 85.3 cm³/mol. The van der Waals surface area contributed by atoms with Crippen LogP contribution in [0, 0.1) is 10.1 Å². The van der Waals surface area contributed by atoms with Crippen LogP contribution in [0.15, 0.2) is 22.7 Å². The Morgan fingerprint density at radius 2 is 2.19 bits per heavy atom. The van der Waals surface area contributed by atoms with Crippen molar-refractivity contribution in [3.63, 3.8) is 0 Å². The second kappa shape index (κ2) is 6.42. The highest BCUT2D eigenvalue weighted by molar-refractivity contribution is 9.10. The van der Waals surface area contributed by atoms with E-state index in [0.29, 0.717) is 12.6 Å². The molecule has 2 aliphatic heterocycles. The van der Waals surface area contributed by atoms with Gasteiger partial charge in [-0.05, 0) is 50.4 Å². The maximum Gasteiger partial charge on any atom is 0.270 e. The molecule has 0 aliphatic carbocycles. The van der Waals surface area contributed by atoms with Gasteiger partial charge in [0, 0.05) is 35.2 Å². The van der Waals surface area contributed by atoms with Gasteiger partial charge in [0.2, 0.25) is 0 Å². The number of non-ortho nitro benzene ring substituents is 1. The maximum absolute atomic E-state index is 10.9. The smallest absolute Gasteiger partial charge is 0.270 e. The van der Waals surface area contributed by atoms with E-state index < -0.39 is 0 Å². The molecule has 2 aliphatic rings. The maximum atomic E-state index is 10.9. The Bertz CT molecular complexity index is 538. The highest BCUT2D eigenvalue weighted by Crippen LogP contribution is 2.27. The molecule has 2 saturated heterocycles. The molecule has 1 aromatic carbocycles. The average molecular weight is 354 g/mol. The second-order valence-electron chi connectivity index (χ2n) is 6.01. The first-order chi connectivity index (χ1) is 10.1. The summed E-state index contributed by atoms with van der Waals surface area (Å²) >= 11 is 3.35. The SMILES string of the molecule is O=[N+]([O-])c1cc(Br)cc(CNC2CCN3CCCC3C2)c1. The number of halogens is 1. The van der Waals surface area contributed by atoms with Gasteiger partial charge in [-0.2, -0.15) is 0 Å². The van der Waals surface area contributed by atoms with E-state index in [4.69, 9.17) is 0 Å². The molecule has 0 saturated carbocycles. The number of nitrogens with one attached hydrogen (secondary N) is 1. The Balaban J connectivity index is 1.59. The van der Waals surface area contributed by atoms with E-state index in [9.17, 15) is 10.1 Å². The summed E-state index contributed by atoms with van der Waals surface area (Å²) in [5.41, 5.74) is 1.11. The van der Waals surface area contributed by atoms with Crippen LogP contribution in [-0.2, 0) is 6.54 Å². The summed E-state index contributed by atoms with van der Waals surface area (Å²) in [6, 6.07) is 6.42.